The molecule has 0 bridgehead atoms. The minimum absolute atomic E-state index is 0.174. The molecule has 0 aliphatic carbocycles. The van der Waals surface area contributed by atoms with Crippen LogP contribution in [0.5, 0.6) is 0 Å². The Labute approximate surface area is 71.0 Å². The molecule has 1 aliphatic rings. The highest BCUT2D eigenvalue weighted by molar-refractivity contribution is 5.67. The Morgan fingerprint density at radius 2 is 2.50 bits per heavy atom. The van der Waals surface area contributed by atoms with Crippen LogP contribution in [0.1, 0.15) is 12.8 Å². The van der Waals surface area contributed by atoms with E-state index in [0.717, 1.165) is 12.0 Å². The first kappa shape index (κ1) is 8.23. The molecule has 0 aromatic rings. The summed E-state index contributed by atoms with van der Waals surface area (Å²) in [5.74, 6) is 0. The van der Waals surface area contributed by atoms with Crippen molar-refractivity contribution in [2.45, 2.75) is 12.8 Å². The van der Waals surface area contributed by atoms with Crippen LogP contribution in [0.25, 0.3) is 0 Å². The molecule has 0 unspecified atom stereocenters. The molecule has 12 heavy (non-hydrogen) atoms. The fourth-order valence-corrected chi connectivity index (χ4v) is 0.887. The number of hydrogen-bond acceptors (Lipinski definition) is 3. The Morgan fingerprint density at radius 3 is 3.00 bits per heavy atom. The lowest BCUT2D eigenvalue weighted by Gasteiger charge is -1.90. The van der Waals surface area contributed by atoms with Crippen molar-refractivity contribution in [3.8, 4) is 12.1 Å². The zero-order valence-electron chi connectivity index (χ0n) is 6.49. The molecule has 0 radical (unpaired) electrons. The molecule has 1 rings (SSSR count). The molecule has 0 saturated carbocycles. The second-order valence-electron chi connectivity index (χ2n) is 2.36. The number of rotatable bonds is 2. The average Bonchev–Trinajstić information content (AvgIpc) is 2.56. The van der Waals surface area contributed by atoms with Gasteiger partial charge in [-0.15, -0.1) is 0 Å². The summed E-state index contributed by atoms with van der Waals surface area (Å²) < 4.78 is 0. The number of nitrogens with zero attached hydrogens (tertiary/aromatic N) is 3. The smallest absolute Gasteiger partial charge is 0.0958 e. The molecule has 0 aromatic carbocycles. The molecular weight excluding hydrogens is 150 g/mol. The maximum Gasteiger partial charge on any atom is 0.0958 e. The van der Waals surface area contributed by atoms with Crippen LogP contribution in [0, 0.1) is 22.7 Å². The van der Waals surface area contributed by atoms with Crippen LogP contribution in [0.4, 0.5) is 0 Å². The molecular formula is C9H7N3. The Morgan fingerprint density at radius 1 is 1.67 bits per heavy atom. The molecule has 0 amide bonds. The summed E-state index contributed by atoms with van der Waals surface area (Å²) in [6.45, 7) is 0. The van der Waals surface area contributed by atoms with Gasteiger partial charge in [0.25, 0.3) is 0 Å². The van der Waals surface area contributed by atoms with Crippen molar-refractivity contribution in [2.24, 2.45) is 4.99 Å². The number of aliphatic imine (C=N–C) groups is 1. The van der Waals surface area contributed by atoms with Gasteiger partial charge >= 0.3 is 0 Å². The predicted octanol–water partition coefficient (Wildman–Crippen LogP) is 1.71. The lowest BCUT2D eigenvalue weighted by molar-refractivity contribution is 1.25. The fraction of sp³-hybridized carbons (Fsp3) is 0.222. The molecule has 0 aromatic heterocycles. The molecule has 58 valence electrons. The predicted molar refractivity (Wildman–Crippen MR) is 45.1 cm³/mol. The van der Waals surface area contributed by atoms with Crippen LogP contribution in [0.3, 0.4) is 0 Å². The van der Waals surface area contributed by atoms with E-state index in [1.54, 1.807) is 18.5 Å². The van der Waals surface area contributed by atoms with Crippen molar-refractivity contribution >= 4 is 6.21 Å². The van der Waals surface area contributed by atoms with E-state index in [9.17, 15) is 0 Å². The second kappa shape index (κ2) is 4.10. The van der Waals surface area contributed by atoms with E-state index >= 15 is 0 Å². The highest BCUT2D eigenvalue weighted by Crippen LogP contribution is 2.11. The average molecular weight is 157 g/mol. The maximum absolute atomic E-state index is 8.58. The first-order chi connectivity index (χ1) is 5.86. The first-order valence-corrected chi connectivity index (χ1v) is 3.55. The Balaban J connectivity index is 2.67. The lowest BCUT2D eigenvalue weighted by atomic mass is 10.1. The van der Waals surface area contributed by atoms with Gasteiger partial charge in [-0.25, -0.2) is 0 Å². The largest absolute Gasteiger partial charge is 0.268 e. The summed E-state index contributed by atoms with van der Waals surface area (Å²) in [6, 6.07) is 3.91. The SMILES string of the molecule is N#CC/C(C#N)=C\C1=CN=CC1. The zero-order valence-corrected chi connectivity index (χ0v) is 6.49. The molecule has 1 heterocycles. The van der Waals surface area contributed by atoms with E-state index in [1.165, 1.54) is 0 Å². The second-order valence-corrected chi connectivity index (χ2v) is 2.36. The van der Waals surface area contributed by atoms with Gasteiger partial charge in [-0.1, -0.05) is 0 Å². The Kier molecular flexibility index (Phi) is 2.81. The summed E-state index contributed by atoms with van der Waals surface area (Å²) in [5, 5.41) is 16.9. The lowest BCUT2D eigenvalue weighted by Crippen LogP contribution is -1.80. The van der Waals surface area contributed by atoms with E-state index in [-0.39, 0.29) is 6.42 Å². The summed E-state index contributed by atoms with van der Waals surface area (Å²) >= 11 is 0. The standard InChI is InChI=1S/C9H7N3/c10-3-1-8(6-11)5-9-2-4-12-7-9/h4-5,7H,1-2H2/b8-5+. The van der Waals surface area contributed by atoms with Gasteiger partial charge in [0.05, 0.1) is 18.6 Å². The van der Waals surface area contributed by atoms with Gasteiger partial charge in [-0.3, -0.25) is 4.99 Å². The van der Waals surface area contributed by atoms with Gasteiger partial charge in [0.1, 0.15) is 0 Å². The van der Waals surface area contributed by atoms with Gasteiger partial charge in [0.2, 0.25) is 0 Å². The molecule has 0 N–H and O–H groups in total. The minimum atomic E-state index is 0.174. The third-order valence-electron chi connectivity index (χ3n) is 1.45. The minimum Gasteiger partial charge on any atom is -0.268 e. The first-order valence-electron chi connectivity index (χ1n) is 3.55. The van der Waals surface area contributed by atoms with Gasteiger partial charge < -0.3 is 0 Å². The van der Waals surface area contributed by atoms with Crippen molar-refractivity contribution in [1.29, 1.82) is 10.5 Å². The monoisotopic (exact) mass is 157 g/mol. The van der Waals surface area contributed by atoms with Crippen LogP contribution in [-0.4, -0.2) is 6.21 Å². The van der Waals surface area contributed by atoms with Crippen molar-refractivity contribution in [3.63, 3.8) is 0 Å². The van der Waals surface area contributed by atoms with Gasteiger partial charge in [0.15, 0.2) is 0 Å². The Hall–Kier alpha value is -1.87. The Bertz CT molecular complexity index is 334. The number of allylic oxidation sites excluding steroid dienone is 3. The van der Waals surface area contributed by atoms with Crippen LogP contribution >= 0.6 is 0 Å². The molecule has 3 nitrogen and oxygen atoms in total. The highest BCUT2D eigenvalue weighted by atomic mass is 14.7. The van der Waals surface area contributed by atoms with Crippen LogP contribution in [0.15, 0.2) is 28.4 Å². The van der Waals surface area contributed by atoms with Crippen LogP contribution in [-0.2, 0) is 0 Å². The number of hydrogen-bond donors (Lipinski definition) is 0. The van der Waals surface area contributed by atoms with Crippen molar-refractivity contribution < 1.29 is 0 Å². The molecule has 0 fully saturated rings. The summed E-state index contributed by atoms with van der Waals surface area (Å²) in [7, 11) is 0. The third-order valence-corrected chi connectivity index (χ3v) is 1.45. The van der Waals surface area contributed by atoms with E-state index in [2.05, 4.69) is 4.99 Å². The van der Waals surface area contributed by atoms with Crippen LogP contribution < -0.4 is 0 Å². The van der Waals surface area contributed by atoms with Gasteiger partial charge in [-0.2, -0.15) is 10.5 Å². The molecule has 0 saturated heterocycles. The van der Waals surface area contributed by atoms with Crippen molar-refractivity contribution in [3.05, 3.63) is 23.4 Å². The fourth-order valence-electron chi connectivity index (χ4n) is 0.887. The molecule has 3 heteroatoms. The van der Waals surface area contributed by atoms with Gasteiger partial charge in [-0.05, 0) is 11.6 Å². The third kappa shape index (κ3) is 2.07. The van der Waals surface area contributed by atoms with Crippen molar-refractivity contribution in [1.82, 2.24) is 0 Å². The highest BCUT2D eigenvalue weighted by Gasteiger charge is 1.99. The molecule has 0 spiro atoms. The van der Waals surface area contributed by atoms with Gasteiger partial charge in [0, 0.05) is 24.4 Å². The molecule has 1 aliphatic heterocycles. The zero-order chi connectivity index (χ0) is 8.81. The van der Waals surface area contributed by atoms with E-state index in [1.807, 2.05) is 12.1 Å². The summed E-state index contributed by atoms with van der Waals surface area (Å²) in [4.78, 5) is 3.89. The summed E-state index contributed by atoms with van der Waals surface area (Å²) in [5.41, 5.74) is 1.48. The van der Waals surface area contributed by atoms with E-state index in [4.69, 9.17) is 10.5 Å². The summed E-state index contributed by atoms with van der Waals surface area (Å²) in [6.07, 6.45) is 6.13. The van der Waals surface area contributed by atoms with E-state index in [0.29, 0.717) is 5.57 Å². The number of nitriles is 2. The van der Waals surface area contributed by atoms with Crippen molar-refractivity contribution in [2.75, 3.05) is 0 Å². The maximum atomic E-state index is 8.58. The topological polar surface area (TPSA) is 59.9 Å². The quantitative estimate of drug-likeness (QED) is 0.573. The normalized spacial score (nSPS) is 15.2. The van der Waals surface area contributed by atoms with Crippen LogP contribution in [0.2, 0.25) is 0 Å². The van der Waals surface area contributed by atoms with E-state index < -0.39 is 0 Å². The molecule has 0 atom stereocenters.